The van der Waals surface area contributed by atoms with Crippen LogP contribution < -0.4 is 11.1 Å². The third-order valence-electron chi connectivity index (χ3n) is 3.75. The number of rotatable bonds is 2. The van der Waals surface area contributed by atoms with Crippen LogP contribution in [0.25, 0.3) is 0 Å². The van der Waals surface area contributed by atoms with E-state index in [9.17, 15) is 4.79 Å². The van der Waals surface area contributed by atoms with E-state index in [1.165, 1.54) is 0 Å². The average molecular weight is 1070 g/mol. The van der Waals surface area contributed by atoms with Crippen molar-refractivity contribution in [1.82, 2.24) is 0 Å². The molecule has 0 bridgehead atoms. The predicted molar refractivity (Wildman–Crippen MR) is 80.7 cm³/mol. The number of nitrogen functional groups attached to an aromatic ring is 1. The molecule has 3 N–H and O–H groups in total. The fraction of sp³-hybridized carbons (Fsp3) is 0.235. The molecule has 0 fully saturated rings. The zero-order valence-corrected chi connectivity index (χ0v) is 42.9. The first-order valence-electron chi connectivity index (χ1n) is 6.40. The van der Waals surface area contributed by atoms with Crippen LogP contribution in [-0.4, -0.2) is 5.91 Å². The molecule has 0 spiro atoms. The minimum absolute atomic E-state index is 0. The van der Waals surface area contributed by atoms with Gasteiger partial charge in [-0.15, -0.1) is 0 Å². The minimum atomic E-state index is -0.187. The molecule has 0 saturated heterocycles. The van der Waals surface area contributed by atoms with Crippen LogP contribution in [0.3, 0.4) is 0 Å². The van der Waals surface area contributed by atoms with E-state index in [-0.39, 0.29) is 300 Å². The van der Waals surface area contributed by atoms with Gasteiger partial charge in [-0.2, -0.15) is 0 Å². The number of nitrogens with two attached hydrogens (primary N) is 1. The maximum absolute atomic E-state index is 12.5. The van der Waals surface area contributed by atoms with Crippen molar-refractivity contribution < 1.29 is 299 Å². The second-order valence-electron chi connectivity index (χ2n) is 4.86. The van der Waals surface area contributed by atoms with Gasteiger partial charge in [0.05, 0.1) is 0 Å². The van der Waals surface area contributed by atoms with Gasteiger partial charge in [-0.1, -0.05) is 0 Å². The summed E-state index contributed by atoms with van der Waals surface area (Å²) in [4.78, 5) is 12.5. The molecule has 0 aliphatic carbocycles. The van der Waals surface area contributed by atoms with Crippen LogP contribution in [0.5, 0.6) is 0 Å². The molecule has 0 saturated carbocycles. The molecule has 1 amide bonds. The van der Waals surface area contributed by atoms with E-state index in [4.69, 9.17) is 5.73 Å². The normalized spacial score (nSPS) is 7.17. The number of hydrogen-bond acceptors (Lipinski definition) is 2. The van der Waals surface area contributed by atoms with Gasteiger partial charge < -0.3 is 47.1 Å². The van der Waals surface area contributed by atoms with Gasteiger partial charge >= 0.3 is 0 Å². The SMILES string of the molecule is Cc1c(C)c(N)c(C)c(C(=O)Nc2[c-]c[c-]c[c-]2)c1C.[Y].[Y].[Y].[Y].[Y].[Y].[Y].[Y].[Y]. The molecule has 131 valence electrons. The number of carbonyl (C=O) groups is 1. The molecule has 0 aliphatic heterocycles. The fourth-order valence-electron chi connectivity index (χ4n) is 2.27. The Morgan fingerprint density at radius 1 is 0.724 bits per heavy atom. The molecular weight excluding hydrogens is 1050 g/mol. The molecule has 3 nitrogen and oxygen atoms in total. The second kappa shape index (κ2) is 30.2. The number of anilines is 2. The molecule has 2 aromatic rings. The first-order chi connectivity index (χ1) is 9.43. The molecule has 0 heterocycles. The monoisotopic (exact) mass is 1070 g/mol. The van der Waals surface area contributed by atoms with Crippen LogP contribution in [0.2, 0.25) is 0 Å². The molecule has 12 heteroatoms. The Bertz CT molecular complexity index is 657. The van der Waals surface area contributed by atoms with Gasteiger partial charge in [0.25, 0.3) is 5.91 Å². The van der Waals surface area contributed by atoms with E-state index in [2.05, 4.69) is 23.5 Å². The number of benzene rings is 2. The summed E-state index contributed by atoms with van der Waals surface area (Å²) < 4.78 is 0. The maximum Gasteiger partial charge on any atom is 0.251 e. The smallest absolute Gasteiger partial charge is 0.251 e. The Morgan fingerprint density at radius 3 is 1.55 bits per heavy atom. The standard InChI is InChI=1S/C17H17N2O.9Y/c1-10-11(2)15(13(4)16(18)12(10)3)17(20)19-14-8-6-5-7-9-14;;;;;;;;;/h6-7H,18H2,1-4H3,(H,19,20);;;;;;;;;/q-3;;;;;;;;;. The quantitative estimate of drug-likeness (QED) is 0.360. The summed E-state index contributed by atoms with van der Waals surface area (Å²) in [6, 6.07) is 11.8. The van der Waals surface area contributed by atoms with E-state index in [0.717, 1.165) is 22.3 Å². The van der Waals surface area contributed by atoms with Crippen molar-refractivity contribution in [3.63, 3.8) is 0 Å². The number of carbonyl (C=O) groups excluding carboxylic acids is 1. The zero-order chi connectivity index (χ0) is 14.9. The zero-order valence-electron chi connectivity index (χ0n) is 17.3. The molecule has 0 unspecified atom stereocenters. The van der Waals surface area contributed by atoms with Crippen molar-refractivity contribution in [2.45, 2.75) is 27.7 Å². The minimum Gasteiger partial charge on any atom is -0.545 e. The summed E-state index contributed by atoms with van der Waals surface area (Å²) in [6.07, 6.45) is 0. The molecule has 0 aliphatic rings. The van der Waals surface area contributed by atoms with Crippen LogP contribution in [-0.2, 0) is 294 Å². The van der Waals surface area contributed by atoms with E-state index in [0.29, 0.717) is 16.9 Å². The first kappa shape index (κ1) is 56.7. The maximum atomic E-state index is 12.5. The summed E-state index contributed by atoms with van der Waals surface area (Å²) >= 11 is 0. The Hall–Kier alpha value is 7.65. The molecule has 2 aromatic carbocycles. The van der Waals surface area contributed by atoms with Crippen molar-refractivity contribution in [3.05, 3.63) is 58.1 Å². The summed E-state index contributed by atoms with van der Waals surface area (Å²) in [5.74, 6) is -0.187. The predicted octanol–water partition coefficient (Wildman–Crippen LogP) is 3.13. The van der Waals surface area contributed by atoms with Crippen LogP contribution >= 0.6 is 0 Å². The largest absolute Gasteiger partial charge is 0.545 e. The van der Waals surface area contributed by atoms with E-state index < -0.39 is 0 Å². The van der Waals surface area contributed by atoms with Crippen molar-refractivity contribution >= 4 is 17.3 Å². The van der Waals surface area contributed by atoms with Crippen LogP contribution in [0.4, 0.5) is 11.4 Å². The molecular formula is C17H17N2OY9-3. The van der Waals surface area contributed by atoms with Gasteiger partial charge in [0.15, 0.2) is 0 Å². The Labute approximate surface area is 402 Å². The van der Waals surface area contributed by atoms with Crippen molar-refractivity contribution in [1.29, 1.82) is 0 Å². The van der Waals surface area contributed by atoms with Gasteiger partial charge in [0, 0.05) is 306 Å². The number of nitrogens with one attached hydrogen (secondary N) is 1. The van der Waals surface area contributed by atoms with Gasteiger partial charge in [0.2, 0.25) is 0 Å². The summed E-state index contributed by atoms with van der Waals surface area (Å²) in [5.41, 5.74) is 11.7. The number of amides is 1. The van der Waals surface area contributed by atoms with Gasteiger partial charge in [-0.25, -0.2) is 0 Å². The topological polar surface area (TPSA) is 55.1 Å². The summed E-state index contributed by atoms with van der Waals surface area (Å²) in [6.45, 7) is 7.76. The Balaban J connectivity index is -0.0000000817. The van der Waals surface area contributed by atoms with Crippen molar-refractivity contribution in [2.24, 2.45) is 0 Å². The van der Waals surface area contributed by atoms with Crippen LogP contribution in [0.1, 0.15) is 32.6 Å². The van der Waals surface area contributed by atoms with Gasteiger partial charge in [-0.3, -0.25) is 4.79 Å². The third kappa shape index (κ3) is 17.8. The van der Waals surface area contributed by atoms with Gasteiger partial charge in [0.1, 0.15) is 0 Å². The third-order valence-corrected chi connectivity index (χ3v) is 3.75. The van der Waals surface area contributed by atoms with E-state index >= 15 is 0 Å². The Kier molecular flexibility index (Phi) is 59.1. The second-order valence-corrected chi connectivity index (χ2v) is 4.86. The number of hydrogen-bond donors (Lipinski definition) is 2. The molecule has 9 radical (unpaired) electrons. The molecule has 2 rings (SSSR count). The van der Waals surface area contributed by atoms with Crippen molar-refractivity contribution in [3.8, 4) is 0 Å². The Morgan fingerprint density at radius 2 is 1.14 bits per heavy atom. The fourth-order valence-corrected chi connectivity index (χ4v) is 2.27. The van der Waals surface area contributed by atoms with E-state index in [1.807, 2.05) is 27.7 Å². The van der Waals surface area contributed by atoms with Gasteiger partial charge in [-0.05, 0) is 49.9 Å². The van der Waals surface area contributed by atoms with Crippen LogP contribution in [0.15, 0.2) is 12.1 Å². The molecule has 0 atom stereocenters. The first-order valence-corrected chi connectivity index (χ1v) is 6.40. The summed E-state index contributed by atoms with van der Waals surface area (Å²) in [5, 5.41) is 2.79. The van der Waals surface area contributed by atoms with Crippen molar-refractivity contribution in [2.75, 3.05) is 11.1 Å². The summed E-state index contributed by atoms with van der Waals surface area (Å²) in [7, 11) is 0. The average Bonchev–Trinajstić information content (AvgIpc) is 2.44. The molecule has 0 aromatic heterocycles. The molecule has 29 heavy (non-hydrogen) atoms. The van der Waals surface area contributed by atoms with E-state index in [1.54, 1.807) is 12.1 Å². The van der Waals surface area contributed by atoms with Crippen LogP contribution in [0, 0.1) is 45.9 Å².